The van der Waals surface area contributed by atoms with Gasteiger partial charge in [-0.05, 0) is 22.9 Å². The Morgan fingerprint density at radius 1 is 1.57 bits per heavy atom. The second-order valence-corrected chi connectivity index (χ2v) is 4.99. The van der Waals surface area contributed by atoms with Gasteiger partial charge in [-0.2, -0.15) is 5.10 Å². The molecule has 21 heavy (non-hydrogen) atoms. The minimum atomic E-state index is -0.546. The van der Waals surface area contributed by atoms with Crippen LogP contribution in [0, 0.1) is 6.92 Å². The van der Waals surface area contributed by atoms with Gasteiger partial charge in [0.05, 0.1) is 25.5 Å². The van der Waals surface area contributed by atoms with Crippen molar-refractivity contribution in [3.63, 3.8) is 0 Å². The fraction of sp³-hybridized carbons (Fsp3) is 0.333. The van der Waals surface area contributed by atoms with Crippen molar-refractivity contribution in [2.45, 2.75) is 20.0 Å². The Morgan fingerprint density at radius 3 is 2.95 bits per heavy atom. The van der Waals surface area contributed by atoms with E-state index < -0.39 is 11.5 Å². The molecule has 0 amide bonds. The zero-order chi connectivity index (χ0) is 15.4. The van der Waals surface area contributed by atoms with Crippen LogP contribution in [0.3, 0.4) is 0 Å². The first-order valence-corrected chi connectivity index (χ1v) is 6.79. The highest BCUT2D eigenvalue weighted by Gasteiger charge is 2.12. The number of anilines is 1. The van der Waals surface area contributed by atoms with E-state index in [1.807, 2.05) is 0 Å². The van der Waals surface area contributed by atoms with Crippen LogP contribution < -0.4 is 10.9 Å². The smallest absolute Gasteiger partial charge is 0.327 e. The Balaban J connectivity index is 2.13. The van der Waals surface area contributed by atoms with Crippen molar-refractivity contribution in [2.75, 3.05) is 12.4 Å². The average Bonchev–Trinajstić information content (AvgIpc) is 2.88. The minimum Gasteiger partial charge on any atom is -0.468 e. The van der Waals surface area contributed by atoms with Crippen molar-refractivity contribution in [1.82, 2.24) is 14.9 Å². The third-order valence-electron chi connectivity index (χ3n) is 2.63. The number of nitrogens with one attached hydrogen (secondary N) is 1. The average molecular weight is 357 g/mol. The number of carbonyl (C=O) groups is 1. The molecule has 8 nitrogen and oxygen atoms in total. The van der Waals surface area contributed by atoms with Crippen LogP contribution >= 0.6 is 15.9 Å². The van der Waals surface area contributed by atoms with Gasteiger partial charge in [-0.25, -0.2) is 4.68 Å². The zero-order valence-corrected chi connectivity index (χ0v) is 13.0. The summed E-state index contributed by atoms with van der Waals surface area (Å²) in [6.07, 6.45) is 1.45. The van der Waals surface area contributed by atoms with Crippen LogP contribution in [0.15, 0.2) is 26.1 Å². The number of ether oxygens (including phenoxy) is 1. The highest BCUT2D eigenvalue weighted by molar-refractivity contribution is 9.10. The molecule has 1 N–H and O–H groups in total. The molecule has 112 valence electrons. The molecular weight excluding hydrogens is 344 g/mol. The first-order chi connectivity index (χ1) is 10.0. The first-order valence-electron chi connectivity index (χ1n) is 5.99. The van der Waals surface area contributed by atoms with E-state index in [2.05, 4.69) is 36.2 Å². The molecular formula is C12H13BrN4O4. The summed E-state index contributed by atoms with van der Waals surface area (Å²) in [6.45, 7) is 1.94. The van der Waals surface area contributed by atoms with Crippen LogP contribution in [-0.2, 0) is 22.6 Å². The van der Waals surface area contributed by atoms with Gasteiger partial charge < -0.3 is 14.6 Å². The zero-order valence-electron chi connectivity index (χ0n) is 11.4. The van der Waals surface area contributed by atoms with Crippen LogP contribution in [0.25, 0.3) is 0 Å². The number of carbonyl (C=O) groups excluding carboxylic acids is 1. The Hall–Kier alpha value is -2.16. The lowest BCUT2D eigenvalue weighted by Gasteiger charge is -2.08. The standard InChI is InChI=1S/C12H13BrN4O4/c1-7-3-8(16-21-7)4-14-9-5-15-17(6-10(18)20-2)12(19)11(9)13/h3,5,14H,4,6H2,1-2H3. The fourth-order valence-corrected chi connectivity index (χ4v) is 2.02. The summed E-state index contributed by atoms with van der Waals surface area (Å²) in [5.74, 6) is 0.160. The monoisotopic (exact) mass is 356 g/mol. The van der Waals surface area contributed by atoms with Crippen molar-refractivity contribution in [3.05, 3.63) is 38.5 Å². The van der Waals surface area contributed by atoms with Crippen LogP contribution in [0.4, 0.5) is 5.69 Å². The number of hydrogen-bond donors (Lipinski definition) is 1. The molecule has 0 aliphatic carbocycles. The van der Waals surface area contributed by atoms with Crippen LogP contribution in [-0.4, -0.2) is 28.0 Å². The second kappa shape index (κ2) is 6.53. The van der Waals surface area contributed by atoms with E-state index in [0.29, 0.717) is 23.7 Å². The molecule has 0 aliphatic heterocycles. The number of halogens is 1. The van der Waals surface area contributed by atoms with E-state index in [1.54, 1.807) is 13.0 Å². The predicted molar refractivity (Wildman–Crippen MR) is 76.8 cm³/mol. The molecule has 2 aromatic rings. The maximum absolute atomic E-state index is 12.0. The summed E-state index contributed by atoms with van der Waals surface area (Å²) in [5.41, 5.74) is 0.779. The molecule has 0 unspecified atom stereocenters. The van der Waals surface area contributed by atoms with Gasteiger partial charge in [0.1, 0.15) is 22.5 Å². The van der Waals surface area contributed by atoms with Gasteiger partial charge >= 0.3 is 5.97 Å². The van der Waals surface area contributed by atoms with Gasteiger partial charge in [-0.3, -0.25) is 9.59 Å². The summed E-state index contributed by atoms with van der Waals surface area (Å²) in [5, 5.41) is 10.8. The predicted octanol–water partition coefficient (Wildman–Crippen LogP) is 1.09. The molecule has 0 fully saturated rings. The van der Waals surface area contributed by atoms with Gasteiger partial charge in [0, 0.05) is 6.07 Å². The Labute approximate surface area is 128 Å². The van der Waals surface area contributed by atoms with Gasteiger partial charge in [-0.1, -0.05) is 5.16 Å². The van der Waals surface area contributed by atoms with Gasteiger partial charge in [0.15, 0.2) is 0 Å². The van der Waals surface area contributed by atoms with Crippen molar-refractivity contribution < 1.29 is 14.1 Å². The molecule has 0 bridgehead atoms. The second-order valence-electron chi connectivity index (χ2n) is 4.19. The first kappa shape index (κ1) is 15.2. The summed E-state index contributed by atoms with van der Waals surface area (Å²) in [6, 6.07) is 1.78. The molecule has 0 atom stereocenters. The molecule has 2 heterocycles. The van der Waals surface area contributed by atoms with Crippen molar-refractivity contribution in [2.24, 2.45) is 0 Å². The fourth-order valence-electron chi connectivity index (χ4n) is 1.57. The number of aryl methyl sites for hydroxylation is 1. The van der Waals surface area contributed by atoms with Crippen molar-refractivity contribution in [1.29, 1.82) is 0 Å². The van der Waals surface area contributed by atoms with E-state index >= 15 is 0 Å². The van der Waals surface area contributed by atoms with Crippen LogP contribution in [0.5, 0.6) is 0 Å². The maximum Gasteiger partial charge on any atom is 0.327 e. The summed E-state index contributed by atoms with van der Waals surface area (Å²) >= 11 is 3.19. The van der Waals surface area contributed by atoms with E-state index in [4.69, 9.17) is 4.52 Å². The molecule has 9 heteroatoms. The van der Waals surface area contributed by atoms with Crippen LogP contribution in [0.1, 0.15) is 11.5 Å². The Morgan fingerprint density at radius 2 is 2.33 bits per heavy atom. The Kier molecular flexibility index (Phi) is 4.73. The number of hydrogen-bond acceptors (Lipinski definition) is 7. The molecule has 0 radical (unpaired) electrons. The van der Waals surface area contributed by atoms with Gasteiger partial charge in [-0.15, -0.1) is 0 Å². The maximum atomic E-state index is 12.0. The van der Waals surface area contributed by atoms with E-state index in [9.17, 15) is 9.59 Å². The van der Waals surface area contributed by atoms with Crippen LogP contribution in [0.2, 0.25) is 0 Å². The topological polar surface area (TPSA) is 99.2 Å². The summed E-state index contributed by atoms with van der Waals surface area (Å²) < 4.78 is 10.7. The lowest BCUT2D eigenvalue weighted by atomic mass is 10.3. The van der Waals surface area contributed by atoms with E-state index in [-0.39, 0.29) is 11.0 Å². The Bertz CT molecular complexity index is 710. The molecule has 0 spiro atoms. The normalized spacial score (nSPS) is 10.4. The number of nitrogens with zero attached hydrogens (tertiary/aromatic N) is 3. The quantitative estimate of drug-likeness (QED) is 0.800. The molecule has 2 rings (SSSR count). The SMILES string of the molecule is COC(=O)Cn1ncc(NCc2cc(C)on2)c(Br)c1=O. The van der Waals surface area contributed by atoms with Crippen molar-refractivity contribution >= 4 is 27.6 Å². The number of rotatable bonds is 5. The highest BCUT2D eigenvalue weighted by atomic mass is 79.9. The lowest BCUT2D eigenvalue weighted by Crippen LogP contribution is -2.28. The van der Waals surface area contributed by atoms with Crippen molar-refractivity contribution in [3.8, 4) is 0 Å². The molecule has 0 aliphatic rings. The molecule has 0 saturated heterocycles. The van der Waals surface area contributed by atoms with Gasteiger partial charge in [0.25, 0.3) is 5.56 Å². The molecule has 0 aromatic carbocycles. The van der Waals surface area contributed by atoms with Gasteiger partial charge in [0.2, 0.25) is 0 Å². The number of methoxy groups -OCH3 is 1. The third-order valence-corrected chi connectivity index (χ3v) is 3.39. The lowest BCUT2D eigenvalue weighted by molar-refractivity contribution is -0.141. The van der Waals surface area contributed by atoms with E-state index in [1.165, 1.54) is 13.3 Å². The highest BCUT2D eigenvalue weighted by Crippen LogP contribution is 2.17. The summed E-state index contributed by atoms with van der Waals surface area (Å²) in [7, 11) is 1.25. The third kappa shape index (κ3) is 3.69. The van der Waals surface area contributed by atoms with E-state index in [0.717, 1.165) is 4.68 Å². The largest absolute Gasteiger partial charge is 0.468 e. The number of aromatic nitrogens is 3. The number of esters is 1. The minimum absolute atomic E-state index is 0.239. The summed E-state index contributed by atoms with van der Waals surface area (Å²) in [4.78, 5) is 23.2. The molecule has 2 aromatic heterocycles. The molecule has 0 saturated carbocycles.